The van der Waals surface area contributed by atoms with Gasteiger partial charge in [0.1, 0.15) is 5.60 Å². The maximum absolute atomic E-state index is 12.3. The van der Waals surface area contributed by atoms with Gasteiger partial charge in [-0.05, 0) is 69.2 Å². The highest BCUT2D eigenvalue weighted by molar-refractivity contribution is 5.68. The fraction of sp³-hybridized carbons (Fsp3) is 0.632. The molecule has 0 N–H and O–H groups in total. The molecule has 0 unspecified atom stereocenters. The summed E-state index contributed by atoms with van der Waals surface area (Å²) in [7, 11) is 2.17. The molecule has 2 aliphatic heterocycles. The van der Waals surface area contributed by atoms with Crippen LogP contribution in [-0.4, -0.2) is 43.3 Å². The Hall–Kier alpha value is -1.71. The van der Waals surface area contributed by atoms with Crippen LogP contribution in [-0.2, 0) is 24.0 Å². The van der Waals surface area contributed by atoms with E-state index < -0.39 is 5.60 Å². The van der Waals surface area contributed by atoms with Crippen molar-refractivity contribution in [3.8, 4) is 0 Å². The highest BCUT2D eigenvalue weighted by atomic mass is 16.6. The second-order valence-corrected chi connectivity index (χ2v) is 7.74. The minimum absolute atomic E-state index is 0.188. The van der Waals surface area contributed by atoms with E-state index >= 15 is 0 Å². The fourth-order valence-electron chi connectivity index (χ4n) is 3.51. The van der Waals surface area contributed by atoms with E-state index in [2.05, 4.69) is 24.1 Å². The third-order valence-corrected chi connectivity index (χ3v) is 4.71. The van der Waals surface area contributed by atoms with Crippen molar-refractivity contribution in [1.29, 1.82) is 0 Å². The number of aryl methyl sites for hydroxylation is 1. The number of carbonyl (C=O) groups is 1. The van der Waals surface area contributed by atoms with E-state index in [0.29, 0.717) is 0 Å². The van der Waals surface area contributed by atoms with Crippen LogP contribution in [0.25, 0.3) is 0 Å². The first-order valence-corrected chi connectivity index (χ1v) is 8.67. The molecule has 0 fully saturated rings. The predicted molar refractivity (Wildman–Crippen MR) is 93.2 cm³/mol. The molecule has 1 aromatic rings. The van der Waals surface area contributed by atoms with Gasteiger partial charge < -0.3 is 14.5 Å². The Kier molecular flexibility index (Phi) is 4.26. The summed E-state index contributed by atoms with van der Waals surface area (Å²) in [5.41, 5.74) is 5.20. The highest BCUT2D eigenvalue weighted by Crippen LogP contribution is 2.31. The van der Waals surface area contributed by atoms with E-state index in [4.69, 9.17) is 4.74 Å². The smallest absolute Gasteiger partial charge is 0.410 e. The van der Waals surface area contributed by atoms with Crippen molar-refractivity contribution in [2.24, 2.45) is 0 Å². The van der Waals surface area contributed by atoms with Crippen molar-refractivity contribution >= 4 is 11.8 Å². The largest absolute Gasteiger partial charge is 0.444 e. The zero-order valence-electron chi connectivity index (χ0n) is 14.8. The number of carbonyl (C=O) groups excluding carboxylic acids is 1. The number of nitrogens with zero attached hydrogens (tertiary/aromatic N) is 2. The van der Waals surface area contributed by atoms with Crippen molar-refractivity contribution in [2.45, 2.75) is 52.1 Å². The lowest BCUT2D eigenvalue weighted by Crippen LogP contribution is -2.38. The minimum Gasteiger partial charge on any atom is -0.444 e. The highest BCUT2D eigenvalue weighted by Gasteiger charge is 2.25. The molecule has 2 heterocycles. The average molecular weight is 316 g/mol. The molecular formula is C19H28N2O2. The molecule has 0 bridgehead atoms. The van der Waals surface area contributed by atoms with Crippen molar-refractivity contribution in [1.82, 2.24) is 4.90 Å². The maximum Gasteiger partial charge on any atom is 0.410 e. The van der Waals surface area contributed by atoms with Gasteiger partial charge in [0.05, 0.1) is 0 Å². The van der Waals surface area contributed by atoms with Crippen molar-refractivity contribution < 1.29 is 9.53 Å². The van der Waals surface area contributed by atoms with Gasteiger partial charge in [0.15, 0.2) is 0 Å². The number of amides is 1. The van der Waals surface area contributed by atoms with Crippen LogP contribution in [0.1, 0.15) is 43.9 Å². The van der Waals surface area contributed by atoms with Crippen LogP contribution in [0.3, 0.4) is 0 Å². The summed E-state index contributed by atoms with van der Waals surface area (Å²) < 4.78 is 5.53. The maximum atomic E-state index is 12.3. The molecule has 2 aliphatic rings. The van der Waals surface area contributed by atoms with E-state index in [0.717, 1.165) is 32.5 Å². The molecule has 0 aromatic heterocycles. The second kappa shape index (κ2) is 6.06. The quantitative estimate of drug-likeness (QED) is 0.735. The van der Waals surface area contributed by atoms with Crippen LogP contribution < -0.4 is 4.90 Å². The SMILES string of the molecule is CN1CCCc2cc3c(cc21)CCN(C(=O)OC(C)(C)C)CC3. The predicted octanol–water partition coefficient (Wildman–Crippen LogP) is 3.40. The average Bonchev–Trinajstić information content (AvgIpc) is 2.66. The molecule has 0 aliphatic carbocycles. The van der Waals surface area contributed by atoms with Gasteiger partial charge in [-0.1, -0.05) is 6.07 Å². The Bertz CT molecular complexity index is 604. The molecule has 1 amide bonds. The summed E-state index contributed by atoms with van der Waals surface area (Å²) in [6.45, 7) is 8.38. The van der Waals surface area contributed by atoms with Gasteiger partial charge in [-0.15, -0.1) is 0 Å². The molecule has 126 valence electrons. The van der Waals surface area contributed by atoms with Crippen molar-refractivity contribution in [3.63, 3.8) is 0 Å². The summed E-state index contributed by atoms with van der Waals surface area (Å²) in [5.74, 6) is 0. The molecule has 0 spiro atoms. The molecule has 4 nitrogen and oxygen atoms in total. The van der Waals surface area contributed by atoms with Gasteiger partial charge in [-0.2, -0.15) is 0 Å². The van der Waals surface area contributed by atoms with Gasteiger partial charge in [-0.3, -0.25) is 0 Å². The molecule has 4 heteroatoms. The number of rotatable bonds is 0. The van der Waals surface area contributed by atoms with Gasteiger partial charge in [0.25, 0.3) is 0 Å². The van der Waals surface area contributed by atoms with Crippen LogP contribution >= 0.6 is 0 Å². The second-order valence-electron chi connectivity index (χ2n) is 7.74. The van der Waals surface area contributed by atoms with E-state index in [9.17, 15) is 4.79 Å². The van der Waals surface area contributed by atoms with E-state index in [-0.39, 0.29) is 6.09 Å². The van der Waals surface area contributed by atoms with Crippen LogP contribution in [0.5, 0.6) is 0 Å². The van der Waals surface area contributed by atoms with Crippen LogP contribution in [0.15, 0.2) is 12.1 Å². The minimum atomic E-state index is -0.432. The molecule has 0 saturated heterocycles. The normalized spacial score (nSPS) is 18.1. The molecule has 23 heavy (non-hydrogen) atoms. The number of anilines is 1. The van der Waals surface area contributed by atoms with Gasteiger partial charge >= 0.3 is 6.09 Å². The standard InChI is InChI=1S/C19H28N2O2/c1-19(2,3)23-18(22)21-10-7-14-12-16-6-5-9-20(4)17(16)13-15(14)8-11-21/h12-13H,5-11H2,1-4H3. The Morgan fingerprint density at radius 1 is 1.00 bits per heavy atom. The first-order valence-electron chi connectivity index (χ1n) is 8.67. The monoisotopic (exact) mass is 316 g/mol. The topological polar surface area (TPSA) is 32.8 Å². The number of hydrogen-bond acceptors (Lipinski definition) is 3. The Morgan fingerprint density at radius 2 is 1.65 bits per heavy atom. The van der Waals surface area contributed by atoms with E-state index in [1.165, 1.54) is 35.2 Å². The molecule has 1 aromatic carbocycles. The lowest BCUT2D eigenvalue weighted by Gasteiger charge is -2.29. The summed E-state index contributed by atoms with van der Waals surface area (Å²) in [5, 5.41) is 0. The van der Waals surface area contributed by atoms with Gasteiger partial charge in [0.2, 0.25) is 0 Å². The first kappa shape index (κ1) is 16.2. The summed E-state index contributed by atoms with van der Waals surface area (Å²) in [6.07, 6.45) is 4.04. The van der Waals surface area contributed by atoms with Gasteiger partial charge in [0, 0.05) is 32.4 Å². The Morgan fingerprint density at radius 3 is 2.30 bits per heavy atom. The first-order chi connectivity index (χ1) is 10.8. The molecule has 0 saturated carbocycles. The number of benzene rings is 1. The summed E-state index contributed by atoms with van der Waals surface area (Å²) >= 11 is 0. The number of fused-ring (bicyclic) bond motifs is 2. The van der Waals surface area contributed by atoms with Crippen molar-refractivity contribution in [3.05, 3.63) is 28.8 Å². The molecule has 3 rings (SSSR count). The number of hydrogen-bond donors (Lipinski definition) is 0. The molecule has 0 radical (unpaired) electrons. The zero-order chi connectivity index (χ0) is 16.6. The van der Waals surface area contributed by atoms with Crippen LogP contribution in [0, 0.1) is 0 Å². The van der Waals surface area contributed by atoms with E-state index in [1.54, 1.807) is 0 Å². The lowest BCUT2D eigenvalue weighted by molar-refractivity contribution is 0.0258. The van der Waals surface area contributed by atoms with Crippen molar-refractivity contribution in [2.75, 3.05) is 31.6 Å². The van der Waals surface area contributed by atoms with Gasteiger partial charge in [-0.25, -0.2) is 4.79 Å². The zero-order valence-corrected chi connectivity index (χ0v) is 14.8. The Labute approximate surface area is 139 Å². The lowest BCUT2D eigenvalue weighted by atomic mass is 9.93. The molecule has 0 atom stereocenters. The summed E-state index contributed by atoms with van der Waals surface area (Å²) in [4.78, 5) is 16.5. The van der Waals surface area contributed by atoms with Crippen LogP contribution in [0.2, 0.25) is 0 Å². The number of ether oxygens (including phenoxy) is 1. The third-order valence-electron chi connectivity index (χ3n) is 4.71. The van der Waals surface area contributed by atoms with Crippen LogP contribution in [0.4, 0.5) is 10.5 Å². The van der Waals surface area contributed by atoms with E-state index in [1.807, 2.05) is 25.7 Å². The summed E-state index contributed by atoms with van der Waals surface area (Å²) in [6, 6.07) is 4.72. The third kappa shape index (κ3) is 3.62. The molecular weight excluding hydrogens is 288 g/mol. The Balaban J connectivity index is 1.77. The fourth-order valence-corrected chi connectivity index (χ4v) is 3.51.